The monoisotopic (exact) mass is 488 g/mol. The summed E-state index contributed by atoms with van der Waals surface area (Å²) in [6, 6.07) is 14.5. The van der Waals surface area contributed by atoms with Gasteiger partial charge in [0, 0.05) is 32.8 Å². The molecule has 2 fully saturated rings. The van der Waals surface area contributed by atoms with Crippen LogP contribution in [-0.4, -0.2) is 79.0 Å². The minimum atomic E-state index is -1.45. The first-order chi connectivity index (χ1) is 16.9. The number of rotatable bonds is 7. The summed E-state index contributed by atoms with van der Waals surface area (Å²) in [5, 5.41) is 11.6. The Morgan fingerprint density at radius 3 is 2.49 bits per heavy atom. The average Bonchev–Trinajstić information content (AvgIpc) is 3.05. The van der Waals surface area contributed by atoms with Crippen LogP contribution in [0.3, 0.4) is 0 Å². The van der Waals surface area contributed by atoms with Crippen molar-refractivity contribution in [3.63, 3.8) is 0 Å². The molecule has 0 bridgehead atoms. The Balaban J connectivity index is 1.46. The molecule has 1 heterocycles. The number of ether oxygens (including phenoxy) is 2. The van der Waals surface area contributed by atoms with E-state index in [1.54, 1.807) is 4.90 Å². The van der Waals surface area contributed by atoms with Crippen LogP contribution in [0.5, 0.6) is 5.75 Å². The number of carbonyl (C=O) groups is 1. The third-order valence-electron chi connectivity index (χ3n) is 7.16. The van der Waals surface area contributed by atoms with Crippen molar-refractivity contribution in [2.24, 2.45) is 0 Å². The van der Waals surface area contributed by atoms with Crippen molar-refractivity contribution in [2.75, 3.05) is 46.5 Å². The number of methoxy groups -OCH3 is 1. The molecule has 190 valence electrons. The van der Waals surface area contributed by atoms with E-state index in [9.17, 15) is 18.7 Å². The maximum absolute atomic E-state index is 14.1. The van der Waals surface area contributed by atoms with Gasteiger partial charge in [-0.25, -0.2) is 4.39 Å². The van der Waals surface area contributed by atoms with Crippen molar-refractivity contribution >= 4 is 5.91 Å². The van der Waals surface area contributed by atoms with Crippen LogP contribution >= 0.6 is 0 Å². The molecule has 0 spiro atoms. The molecule has 0 aromatic heterocycles. The third kappa shape index (κ3) is 6.37. The lowest BCUT2D eigenvalue weighted by atomic mass is 9.81. The summed E-state index contributed by atoms with van der Waals surface area (Å²) in [6.45, 7) is 1.03. The predicted octanol–water partition coefficient (Wildman–Crippen LogP) is 3.59. The van der Waals surface area contributed by atoms with Crippen molar-refractivity contribution in [1.29, 1.82) is 0 Å². The van der Waals surface area contributed by atoms with Crippen molar-refractivity contribution in [2.45, 2.75) is 43.2 Å². The summed E-state index contributed by atoms with van der Waals surface area (Å²) in [4.78, 5) is 16.4. The number of β-amino-alcohol motifs (C(OH)–C–C–N with tert-alkyl or cyclic N) is 1. The van der Waals surface area contributed by atoms with E-state index in [4.69, 9.17) is 9.47 Å². The quantitative estimate of drug-likeness (QED) is 0.646. The topological polar surface area (TPSA) is 62.2 Å². The zero-order valence-electron chi connectivity index (χ0n) is 20.2. The van der Waals surface area contributed by atoms with Gasteiger partial charge in [0.2, 0.25) is 11.7 Å². The number of hydrogen-bond acceptors (Lipinski definition) is 5. The van der Waals surface area contributed by atoms with E-state index in [-0.39, 0.29) is 44.0 Å². The number of nitrogens with zero attached hydrogens (tertiary/aromatic N) is 2. The van der Waals surface area contributed by atoms with Crippen molar-refractivity contribution in [3.8, 4) is 5.75 Å². The van der Waals surface area contributed by atoms with Crippen molar-refractivity contribution < 1.29 is 28.2 Å². The molecule has 1 aliphatic heterocycles. The Hall–Kier alpha value is -2.55. The van der Waals surface area contributed by atoms with Gasteiger partial charge < -0.3 is 19.5 Å². The largest absolute Gasteiger partial charge is 0.487 e. The van der Waals surface area contributed by atoms with Gasteiger partial charge in [-0.3, -0.25) is 9.69 Å². The molecule has 2 aromatic carbocycles. The molecule has 1 unspecified atom stereocenters. The summed E-state index contributed by atoms with van der Waals surface area (Å²) < 4.78 is 38.3. The van der Waals surface area contributed by atoms with Gasteiger partial charge in [-0.1, -0.05) is 36.4 Å². The Kier molecular flexibility index (Phi) is 8.36. The fraction of sp³-hybridized carbons (Fsp3) is 0.519. The summed E-state index contributed by atoms with van der Waals surface area (Å²) >= 11 is 0. The maximum Gasteiger partial charge on any atom is 0.248 e. The molecule has 1 N–H and O–H groups in total. The van der Waals surface area contributed by atoms with Gasteiger partial charge in [0.15, 0.2) is 11.6 Å². The zero-order chi connectivity index (χ0) is 24.8. The number of hydrogen-bond donors (Lipinski definition) is 1. The highest BCUT2D eigenvalue weighted by Gasteiger charge is 2.40. The highest BCUT2D eigenvalue weighted by molar-refractivity contribution is 5.77. The fourth-order valence-electron chi connectivity index (χ4n) is 5.33. The first-order valence-corrected chi connectivity index (χ1v) is 12.2. The Morgan fingerprint density at radius 2 is 1.77 bits per heavy atom. The Bertz CT molecular complexity index is 984. The van der Waals surface area contributed by atoms with Gasteiger partial charge >= 0.3 is 0 Å². The fourth-order valence-corrected chi connectivity index (χ4v) is 5.33. The second-order valence-corrected chi connectivity index (χ2v) is 9.70. The molecule has 8 heteroatoms. The van der Waals surface area contributed by atoms with E-state index in [0.717, 1.165) is 31.7 Å². The van der Waals surface area contributed by atoms with E-state index in [1.165, 1.54) is 24.8 Å². The van der Waals surface area contributed by atoms with E-state index >= 15 is 0 Å². The zero-order valence-corrected chi connectivity index (χ0v) is 20.2. The molecule has 35 heavy (non-hydrogen) atoms. The van der Waals surface area contributed by atoms with E-state index < -0.39 is 17.2 Å². The molecule has 1 aliphatic carbocycles. The summed E-state index contributed by atoms with van der Waals surface area (Å²) in [6.07, 6.45) is 4.09. The average molecular weight is 489 g/mol. The van der Waals surface area contributed by atoms with Crippen LogP contribution in [0.4, 0.5) is 8.78 Å². The van der Waals surface area contributed by atoms with Gasteiger partial charge in [-0.05, 0) is 49.3 Å². The molecule has 4 rings (SSSR count). The van der Waals surface area contributed by atoms with Gasteiger partial charge in [0.05, 0.1) is 6.54 Å². The first kappa shape index (κ1) is 25.5. The first-order valence-electron chi connectivity index (χ1n) is 12.2. The molecule has 1 saturated heterocycles. The van der Waals surface area contributed by atoms with Crippen LogP contribution in [0.15, 0.2) is 48.5 Å². The van der Waals surface area contributed by atoms with Gasteiger partial charge in [0.1, 0.15) is 18.8 Å². The standard InChI is InChI=1S/C27H34F2N2O4/c1-34-16-25(32)31-15-14-30(22-12-10-21(11-13-22)20-6-3-2-4-7-20)17-27(33,18-31)19-35-24-9-5-8-23(28)26(24)29/h2-9,21-22,33H,10-19H2,1H3. The number of aliphatic hydroxyl groups is 1. The Labute approximate surface area is 205 Å². The molecule has 2 aromatic rings. The van der Waals surface area contributed by atoms with Crippen molar-refractivity contribution in [1.82, 2.24) is 9.80 Å². The van der Waals surface area contributed by atoms with Gasteiger partial charge in [-0.15, -0.1) is 0 Å². The summed E-state index contributed by atoms with van der Waals surface area (Å²) in [7, 11) is 1.45. The van der Waals surface area contributed by atoms with Gasteiger partial charge in [-0.2, -0.15) is 4.39 Å². The minimum absolute atomic E-state index is 0.0298. The van der Waals surface area contributed by atoms with Crippen LogP contribution < -0.4 is 4.74 Å². The minimum Gasteiger partial charge on any atom is -0.487 e. The third-order valence-corrected chi connectivity index (χ3v) is 7.16. The van der Waals surface area contributed by atoms with Gasteiger partial charge in [0.25, 0.3) is 0 Å². The molecule has 6 nitrogen and oxygen atoms in total. The molecule has 1 atom stereocenters. The molecule has 2 aliphatic rings. The SMILES string of the molecule is COCC(=O)N1CCN(C2CCC(c3ccccc3)CC2)CC(O)(COc2cccc(F)c2F)C1. The van der Waals surface area contributed by atoms with Crippen molar-refractivity contribution in [3.05, 3.63) is 65.7 Å². The lowest BCUT2D eigenvalue weighted by molar-refractivity contribution is -0.138. The molecule has 0 radical (unpaired) electrons. The molecular formula is C27H34F2N2O4. The van der Waals surface area contributed by atoms with Crippen LogP contribution in [0, 0.1) is 11.6 Å². The normalized spacial score (nSPS) is 25.8. The van der Waals surface area contributed by atoms with E-state index in [1.807, 2.05) is 6.07 Å². The van der Waals surface area contributed by atoms with Crippen LogP contribution in [0.25, 0.3) is 0 Å². The number of halogens is 2. The Morgan fingerprint density at radius 1 is 1.03 bits per heavy atom. The van der Waals surface area contributed by atoms with Crippen LogP contribution in [0.1, 0.15) is 37.2 Å². The highest BCUT2D eigenvalue weighted by atomic mass is 19.2. The lowest BCUT2D eigenvalue weighted by Gasteiger charge is -2.39. The molecule has 1 saturated carbocycles. The predicted molar refractivity (Wildman–Crippen MR) is 128 cm³/mol. The maximum atomic E-state index is 14.1. The van der Waals surface area contributed by atoms with Crippen LogP contribution in [-0.2, 0) is 9.53 Å². The second kappa shape index (κ2) is 11.5. The molecule has 1 amide bonds. The number of benzene rings is 2. The molecular weight excluding hydrogens is 454 g/mol. The lowest BCUT2D eigenvalue weighted by Crippen LogP contribution is -2.54. The van der Waals surface area contributed by atoms with E-state index in [2.05, 4.69) is 29.2 Å². The van der Waals surface area contributed by atoms with Crippen LogP contribution in [0.2, 0.25) is 0 Å². The highest BCUT2D eigenvalue weighted by Crippen LogP contribution is 2.35. The summed E-state index contributed by atoms with van der Waals surface area (Å²) in [5.41, 5.74) is -0.0882. The van der Waals surface area contributed by atoms with E-state index in [0.29, 0.717) is 19.0 Å². The smallest absolute Gasteiger partial charge is 0.248 e. The second-order valence-electron chi connectivity index (χ2n) is 9.70. The summed E-state index contributed by atoms with van der Waals surface area (Å²) in [5.74, 6) is -2.06. The number of carbonyl (C=O) groups excluding carboxylic acids is 1. The number of amides is 1.